The predicted molar refractivity (Wildman–Crippen MR) is 111 cm³/mol. The van der Waals surface area contributed by atoms with Crippen molar-refractivity contribution in [3.8, 4) is 0 Å². The van der Waals surface area contributed by atoms with Crippen molar-refractivity contribution in [3.05, 3.63) is 17.7 Å². The first-order valence-corrected chi connectivity index (χ1v) is 10.3. The van der Waals surface area contributed by atoms with Gasteiger partial charge in [0.2, 0.25) is 0 Å². The van der Waals surface area contributed by atoms with Gasteiger partial charge in [0.05, 0.1) is 11.3 Å². The van der Waals surface area contributed by atoms with Crippen LogP contribution in [0.3, 0.4) is 0 Å². The summed E-state index contributed by atoms with van der Waals surface area (Å²) >= 11 is 0. The molecule has 26 heavy (non-hydrogen) atoms. The van der Waals surface area contributed by atoms with Gasteiger partial charge in [-0.25, -0.2) is 4.98 Å². The molecule has 0 spiro atoms. The van der Waals surface area contributed by atoms with Crippen molar-refractivity contribution in [2.24, 2.45) is 0 Å². The smallest absolute Gasteiger partial charge is 0.105 e. The lowest BCUT2D eigenvalue weighted by molar-refractivity contribution is -0.00675. The fraction of sp³-hybridized carbons (Fsp3) is 0.857. The van der Waals surface area contributed by atoms with Gasteiger partial charge in [0, 0.05) is 44.9 Å². The molecule has 0 aliphatic heterocycles. The van der Waals surface area contributed by atoms with Crippen molar-refractivity contribution in [2.75, 3.05) is 32.8 Å². The monoisotopic (exact) mass is 366 g/mol. The van der Waals surface area contributed by atoms with Crippen LogP contribution in [0.2, 0.25) is 0 Å². The first-order chi connectivity index (χ1) is 12.2. The van der Waals surface area contributed by atoms with Crippen molar-refractivity contribution in [2.45, 2.75) is 85.9 Å². The Balaban J connectivity index is 2.32. The average Bonchev–Trinajstić information content (AvgIpc) is 2.90. The van der Waals surface area contributed by atoms with E-state index in [4.69, 9.17) is 9.72 Å². The Kier molecular flexibility index (Phi) is 10.4. The van der Waals surface area contributed by atoms with Gasteiger partial charge in [0.25, 0.3) is 0 Å². The van der Waals surface area contributed by atoms with E-state index in [0.29, 0.717) is 6.04 Å². The van der Waals surface area contributed by atoms with Gasteiger partial charge in [-0.2, -0.15) is 0 Å². The summed E-state index contributed by atoms with van der Waals surface area (Å²) in [4.78, 5) is 7.24. The summed E-state index contributed by atoms with van der Waals surface area (Å²) < 4.78 is 8.12. The van der Waals surface area contributed by atoms with E-state index in [1.807, 2.05) is 0 Å². The zero-order valence-corrected chi connectivity index (χ0v) is 18.3. The lowest BCUT2D eigenvalue weighted by Gasteiger charge is -2.23. The van der Waals surface area contributed by atoms with Gasteiger partial charge in [-0.15, -0.1) is 0 Å². The number of nitrogens with one attached hydrogen (secondary N) is 1. The lowest BCUT2D eigenvalue weighted by atomic mass is 10.2. The molecule has 1 rings (SSSR count). The zero-order chi connectivity index (χ0) is 19.6. The van der Waals surface area contributed by atoms with Crippen LogP contribution in [-0.4, -0.2) is 58.9 Å². The molecule has 1 aromatic heterocycles. The second-order valence-corrected chi connectivity index (χ2v) is 8.43. The molecule has 0 atom stereocenters. The maximum absolute atomic E-state index is 5.82. The molecule has 0 amide bonds. The third-order valence-corrected chi connectivity index (χ3v) is 4.44. The number of likely N-dealkylation sites (N-methyl/N-ethyl adjacent to an activating group) is 1. The number of aromatic nitrogens is 2. The van der Waals surface area contributed by atoms with E-state index in [-0.39, 0.29) is 5.60 Å². The topological polar surface area (TPSA) is 42.3 Å². The Bertz CT molecular complexity index is 491. The molecular formula is C21H42N4O. The summed E-state index contributed by atoms with van der Waals surface area (Å²) in [5, 5.41) is 3.47. The van der Waals surface area contributed by atoms with Gasteiger partial charge in [-0.3, -0.25) is 0 Å². The second-order valence-electron chi connectivity index (χ2n) is 8.43. The first-order valence-electron chi connectivity index (χ1n) is 10.3. The number of imidazole rings is 1. The largest absolute Gasteiger partial charge is 0.376 e. The minimum atomic E-state index is -0.0356. The van der Waals surface area contributed by atoms with Crippen molar-refractivity contribution < 1.29 is 4.74 Å². The molecule has 0 unspecified atom stereocenters. The molecule has 152 valence electrons. The van der Waals surface area contributed by atoms with Crippen molar-refractivity contribution in [3.63, 3.8) is 0 Å². The van der Waals surface area contributed by atoms with Gasteiger partial charge < -0.3 is 19.5 Å². The van der Waals surface area contributed by atoms with Gasteiger partial charge in [0.1, 0.15) is 5.82 Å². The van der Waals surface area contributed by atoms with Crippen LogP contribution in [0.15, 0.2) is 6.20 Å². The standard InChI is InChI=1S/C21H42N4O/c1-8-24(13-10-16-26-21(5,6)7)15-11-20-17-25(19(4)23-20)14-9-12-22-18(2)3/h17-18,22H,8-16H2,1-7H3. The first kappa shape index (κ1) is 23.1. The molecule has 0 fully saturated rings. The highest BCUT2D eigenvalue weighted by molar-refractivity contribution is 5.03. The van der Waals surface area contributed by atoms with E-state index in [1.54, 1.807) is 0 Å². The molecule has 5 heteroatoms. The molecule has 1 N–H and O–H groups in total. The summed E-state index contributed by atoms with van der Waals surface area (Å²) in [6.45, 7) is 21.2. The molecule has 1 heterocycles. The molecule has 0 bridgehead atoms. The fourth-order valence-corrected chi connectivity index (χ4v) is 2.93. The summed E-state index contributed by atoms with van der Waals surface area (Å²) in [7, 11) is 0. The molecule has 5 nitrogen and oxygen atoms in total. The van der Waals surface area contributed by atoms with Crippen molar-refractivity contribution >= 4 is 0 Å². The van der Waals surface area contributed by atoms with Gasteiger partial charge in [0.15, 0.2) is 0 Å². The third kappa shape index (κ3) is 10.3. The van der Waals surface area contributed by atoms with Gasteiger partial charge in [-0.05, 0) is 53.6 Å². The van der Waals surface area contributed by atoms with Crippen LogP contribution in [0.25, 0.3) is 0 Å². The van der Waals surface area contributed by atoms with Crippen LogP contribution in [0.1, 0.15) is 65.9 Å². The van der Waals surface area contributed by atoms with Crippen LogP contribution in [0, 0.1) is 6.92 Å². The lowest BCUT2D eigenvalue weighted by Crippen LogP contribution is -2.29. The van der Waals surface area contributed by atoms with E-state index >= 15 is 0 Å². The van der Waals surface area contributed by atoms with Crippen molar-refractivity contribution in [1.82, 2.24) is 19.8 Å². The van der Waals surface area contributed by atoms with Crippen molar-refractivity contribution in [1.29, 1.82) is 0 Å². The Hall–Kier alpha value is -0.910. The van der Waals surface area contributed by atoms with E-state index in [0.717, 1.165) is 64.4 Å². The minimum Gasteiger partial charge on any atom is -0.376 e. The van der Waals surface area contributed by atoms with Crippen LogP contribution < -0.4 is 5.32 Å². The van der Waals surface area contributed by atoms with Gasteiger partial charge in [-0.1, -0.05) is 20.8 Å². The molecule has 0 saturated heterocycles. The Labute approximate surface area is 161 Å². The molecule has 0 aliphatic carbocycles. The Morgan fingerprint density at radius 3 is 2.58 bits per heavy atom. The van der Waals surface area contributed by atoms with E-state index < -0.39 is 0 Å². The second kappa shape index (κ2) is 11.7. The molecule has 0 saturated carbocycles. The average molecular weight is 367 g/mol. The normalized spacial score (nSPS) is 12.5. The maximum Gasteiger partial charge on any atom is 0.105 e. The number of aryl methyl sites for hydroxylation is 2. The van der Waals surface area contributed by atoms with E-state index in [1.165, 1.54) is 5.69 Å². The number of hydrogen-bond acceptors (Lipinski definition) is 4. The Morgan fingerprint density at radius 2 is 1.96 bits per heavy atom. The van der Waals surface area contributed by atoms with E-state index in [9.17, 15) is 0 Å². The Morgan fingerprint density at radius 1 is 1.23 bits per heavy atom. The summed E-state index contributed by atoms with van der Waals surface area (Å²) in [5.41, 5.74) is 1.18. The molecule has 0 aliphatic rings. The molecule has 0 radical (unpaired) electrons. The predicted octanol–water partition coefficient (Wildman–Crippen LogP) is 3.65. The number of ether oxygens (including phenoxy) is 1. The van der Waals surface area contributed by atoms with E-state index in [2.05, 4.69) is 69.4 Å². The SMILES string of the molecule is CCN(CCCOC(C)(C)C)CCc1cn(CCCNC(C)C)c(C)n1. The number of nitrogens with zero attached hydrogens (tertiary/aromatic N) is 3. The molecule has 1 aromatic rings. The summed E-state index contributed by atoms with van der Waals surface area (Å²) in [5.74, 6) is 1.13. The molecule has 0 aromatic carbocycles. The van der Waals surface area contributed by atoms with Crippen LogP contribution in [0.4, 0.5) is 0 Å². The van der Waals surface area contributed by atoms with Crippen LogP contribution in [0.5, 0.6) is 0 Å². The highest BCUT2D eigenvalue weighted by Gasteiger charge is 2.11. The summed E-state index contributed by atoms with van der Waals surface area (Å²) in [6, 6.07) is 0.559. The maximum atomic E-state index is 5.82. The minimum absolute atomic E-state index is 0.0356. The van der Waals surface area contributed by atoms with Crippen LogP contribution >= 0.6 is 0 Å². The summed E-state index contributed by atoms with van der Waals surface area (Å²) in [6.07, 6.45) is 5.48. The zero-order valence-electron chi connectivity index (χ0n) is 18.3. The number of hydrogen-bond donors (Lipinski definition) is 1. The molecular weight excluding hydrogens is 324 g/mol. The highest BCUT2D eigenvalue weighted by Crippen LogP contribution is 2.08. The number of rotatable bonds is 13. The highest BCUT2D eigenvalue weighted by atomic mass is 16.5. The third-order valence-electron chi connectivity index (χ3n) is 4.44. The van der Waals surface area contributed by atoms with Crippen LogP contribution in [-0.2, 0) is 17.7 Å². The fourth-order valence-electron chi connectivity index (χ4n) is 2.93. The van der Waals surface area contributed by atoms with Gasteiger partial charge >= 0.3 is 0 Å². The quantitative estimate of drug-likeness (QED) is 0.541.